The Labute approximate surface area is 116 Å². The van der Waals surface area contributed by atoms with Gasteiger partial charge in [0, 0.05) is 11.6 Å². The predicted octanol–water partition coefficient (Wildman–Crippen LogP) is 4.68. The quantitative estimate of drug-likeness (QED) is 0.814. The Morgan fingerprint density at radius 2 is 1.61 bits per heavy atom. The summed E-state index contributed by atoms with van der Waals surface area (Å²) in [5, 5.41) is 0.972. The molecule has 0 atom stereocenters. The zero-order chi connectivity index (χ0) is 13.1. The van der Waals surface area contributed by atoms with Crippen molar-refractivity contribution in [2.75, 3.05) is 14.2 Å². The molecule has 0 N–H and O–H groups in total. The van der Waals surface area contributed by atoms with Crippen LogP contribution in [0.2, 0.25) is 10.0 Å². The maximum atomic E-state index is 6.22. The van der Waals surface area contributed by atoms with E-state index < -0.39 is 0 Å². The summed E-state index contributed by atoms with van der Waals surface area (Å²) in [6, 6.07) is 11.2. The highest BCUT2D eigenvalue weighted by molar-refractivity contribution is 6.43. The first kappa shape index (κ1) is 13.1. The van der Waals surface area contributed by atoms with Crippen LogP contribution in [0.25, 0.3) is 11.1 Å². The van der Waals surface area contributed by atoms with E-state index in [4.69, 9.17) is 32.7 Å². The monoisotopic (exact) mass is 282 g/mol. The topological polar surface area (TPSA) is 18.5 Å². The van der Waals surface area contributed by atoms with Gasteiger partial charge in [-0.15, -0.1) is 0 Å². The number of halogens is 2. The van der Waals surface area contributed by atoms with Crippen LogP contribution in [0.3, 0.4) is 0 Å². The van der Waals surface area contributed by atoms with E-state index in [0.29, 0.717) is 15.8 Å². The average Bonchev–Trinajstić information content (AvgIpc) is 2.41. The zero-order valence-electron chi connectivity index (χ0n) is 10.0. The summed E-state index contributed by atoms with van der Waals surface area (Å²) < 4.78 is 10.4. The van der Waals surface area contributed by atoms with Crippen LogP contribution >= 0.6 is 23.2 Å². The largest absolute Gasteiger partial charge is 0.497 e. The van der Waals surface area contributed by atoms with E-state index >= 15 is 0 Å². The third-order valence-electron chi connectivity index (χ3n) is 2.62. The molecule has 0 fully saturated rings. The van der Waals surface area contributed by atoms with Crippen LogP contribution in [0.4, 0.5) is 0 Å². The molecule has 0 saturated heterocycles. The second kappa shape index (κ2) is 5.51. The van der Waals surface area contributed by atoms with Crippen molar-refractivity contribution in [2.45, 2.75) is 0 Å². The zero-order valence-corrected chi connectivity index (χ0v) is 11.5. The smallest absolute Gasteiger partial charge is 0.121 e. The molecule has 0 radical (unpaired) electrons. The molecule has 0 bridgehead atoms. The molecule has 0 saturated carbocycles. The Bertz CT molecular complexity index is 568. The maximum absolute atomic E-state index is 6.22. The van der Waals surface area contributed by atoms with Gasteiger partial charge in [0.15, 0.2) is 0 Å². The molecule has 2 aromatic carbocycles. The van der Waals surface area contributed by atoms with Crippen molar-refractivity contribution in [1.82, 2.24) is 0 Å². The van der Waals surface area contributed by atoms with Gasteiger partial charge in [0.2, 0.25) is 0 Å². The third-order valence-corrected chi connectivity index (χ3v) is 3.42. The van der Waals surface area contributed by atoms with Gasteiger partial charge in [-0.05, 0) is 23.8 Å². The van der Waals surface area contributed by atoms with Gasteiger partial charge < -0.3 is 9.47 Å². The molecule has 2 nitrogen and oxygen atoms in total. The van der Waals surface area contributed by atoms with E-state index in [2.05, 4.69) is 0 Å². The standard InChI is InChI=1S/C14H12Cl2O2/c1-17-10-5-3-4-9(6-10)12-7-11(18-2)8-13(15)14(12)16/h3-8H,1-2H3. The van der Waals surface area contributed by atoms with Crippen molar-refractivity contribution in [3.8, 4) is 22.6 Å². The Morgan fingerprint density at radius 3 is 2.28 bits per heavy atom. The molecular formula is C14H12Cl2O2. The molecule has 18 heavy (non-hydrogen) atoms. The third kappa shape index (κ3) is 2.55. The minimum absolute atomic E-state index is 0.467. The molecule has 0 heterocycles. The van der Waals surface area contributed by atoms with Crippen LogP contribution < -0.4 is 9.47 Å². The molecule has 2 aromatic rings. The Kier molecular flexibility index (Phi) is 4.00. The van der Waals surface area contributed by atoms with E-state index in [1.165, 1.54) is 0 Å². The number of hydrogen-bond donors (Lipinski definition) is 0. The van der Waals surface area contributed by atoms with Gasteiger partial charge >= 0.3 is 0 Å². The van der Waals surface area contributed by atoms with Gasteiger partial charge in [-0.25, -0.2) is 0 Å². The van der Waals surface area contributed by atoms with Gasteiger partial charge in [0.1, 0.15) is 11.5 Å². The van der Waals surface area contributed by atoms with Crippen LogP contribution in [-0.2, 0) is 0 Å². The van der Waals surface area contributed by atoms with Gasteiger partial charge in [0.05, 0.1) is 24.3 Å². The molecule has 4 heteroatoms. The first-order valence-corrected chi connectivity index (χ1v) is 6.08. The Hall–Kier alpha value is -1.38. The van der Waals surface area contributed by atoms with E-state index in [9.17, 15) is 0 Å². The molecule has 94 valence electrons. The van der Waals surface area contributed by atoms with Crippen molar-refractivity contribution in [2.24, 2.45) is 0 Å². The van der Waals surface area contributed by atoms with Crippen LogP contribution in [0.15, 0.2) is 36.4 Å². The minimum atomic E-state index is 0.467. The lowest BCUT2D eigenvalue weighted by molar-refractivity contribution is 0.414. The molecule has 0 aliphatic heterocycles. The van der Waals surface area contributed by atoms with Crippen LogP contribution in [0.1, 0.15) is 0 Å². The highest BCUT2D eigenvalue weighted by Gasteiger charge is 2.10. The summed E-state index contributed by atoms with van der Waals surface area (Å²) >= 11 is 12.3. The van der Waals surface area contributed by atoms with Gasteiger partial charge in [0.25, 0.3) is 0 Å². The normalized spacial score (nSPS) is 10.2. The summed E-state index contributed by atoms with van der Waals surface area (Å²) in [6.45, 7) is 0. The lowest BCUT2D eigenvalue weighted by Gasteiger charge is -2.10. The molecule has 0 aliphatic carbocycles. The molecule has 0 spiro atoms. The van der Waals surface area contributed by atoms with E-state index in [1.807, 2.05) is 30.3 Å². The van der Waals surface area contributed by atoms with Crippen molar-refractivity contribution in [1.29, 1.82) is 0 Å². The fraction of sp³-hybridized carbons (Fsp3) is 0.143. The van der Waals surface area contributed by atoms with E-state index in [-0.39, 0.29) is 0 Å². The molecule has 0 aromatic heterocycles. The van der Waals surface area contributed by atoms with Crippen molar-refractivity contribution >= 4 is 23.2 Å². The molecule has 0 amide bonds. The second-order valence-electron chi connectivity index (χ2n) is 3.70. The van der Waals surface area contributed by atoms with Crippen LogP contribution in [0.5, 0.6) is 11.5 Å². The number of ether oxygens (including phenoxy) is 2. The molecule has 0 unspecified atom stereocenters. The van der Waals surface area contributed by atoms with E-state index in [1.54, 1.807) is 20.3 Å². The predicted molar refractivity (Wildman–Crippen MR) is 75.0 cm³/mol. The van der Waals surface area contributed by atoms with E-state index in [0.717, 1.165) is 16.9 Å². The molecule has 2 rings (SSSR count). The summed E-state index contributed by atoms with van der Waals surface area (Å²) in [6.07, 6.45) is 0. The number of hydrogen-bond acceptors (Lipinski definition) is 2. The van der Waals surface area contributed by atoms with Crippen molar-refractivity contribution < 1.29 is 9.47 Å². The average molecular weight is 283 g/mol. The highest BCUT2D eigenvalue weighted by atomic mass is 35.5. The van der Waals surface area contributed by atoms with Crippen molar-refractivity contribution in [3.63, 3.8) is 0 Å². The second-order valence-corrected chi connectivity index (χ2v) is 4.49. The summed E-state index contributed by atoms with van der Waals surface area (Å²) in [4.78, 5) is 0. The number of rotatable bonds is 3. The lowest BCUT2D eigenvalue weighted by atomic mass is 10.1. The number of benzene rings is 2. The fourth-order valence-electron chi connectivity index (χ4n) is 1.68. The fourth-order valence-corrected chi connectivity index (χ4v) is 2.11. The number of methoxy groups -OCH3 is 2. The van der Waals surface area contributed by atoms with Gasteiger partial charge in [-0.3, -0.25) is 0 Å². The molecule has 0 aliphatic rings. The minimum Gasteiger partial charge on any atom is -0.497 e. The first-order valence-electron chi connectivity index (χ1n) is 5.33. The first-order chi connectivity index (χ1) is 8.65. The Balaban J connectivity index is 2.58. The van der Waals surface area contributed by atoms with Crippen LogP contribution in [-0.4, -0.2) is 14.2 Å². The summed E-state index contributed by atoms with van der Waals surface area (Å²) in [7, 11) is 3.22. The van der Waals surface area contributed by atoms with Gasteiger partial charge in [-0.1, -0.05) is 35.3 Å². The Morgan fingerprint density at radius 1 is 0.889 bits per heavy atom. The summed E-state index contributed by atoms with van der Waals surface area (Å²) in [5.74, 6) is 1.43. The van der Waals surface area contributed by atoms with Crippen molar-refractivity contribution in [3.05, 3.63) is 46.4 Å². The van der Waals surface area contributed by atoms with Gasteiger partial charge in [-0.2, -0.15) is 0 Å². The SMILES string of the molecule is COc1cccc(-c2cc(OC)cc(Cl)c2Cl)c1. The highest BCUT2D eigenvalue weighted by Crippen LogP contribution is 2.38. The molecular weight excluding hydrogens is 271 g/mol. The lowest BCUT2D eigenvalue weighted by Crippen LogP contribution is -1.88. The summed E-state index contributed by atoms with van der Waals surface area (Å²) in [5.41, 5.74) is 1.75. The van der Waals surface area contributed by atoms with Crippen LogP contribution in [0, 0.1) is 0 Å². The maximum Gasteiger partial charge on any atom is 0.121 e.